The summed E-state index contributed by atoms with van der Waals surface area (Å²) in [6.45, 7) is 7.68. The molecule has 0 aliphatic heterocycles. The molecule has 0 atom stereocenters. The third-order valence-electron chi connectivity index (χ3n) is 3.19. The second-order valence-corrected chi connectivity index (χ2v) is 5.99. The lowest BCUT2D eigenvalue weighted by Crippen LogP contribution is -2.21. The first-order chi connectivity index (χ1) is 10.0. The van der Waals surface area contributed by atoms with Gasteiger partial charge in [-0.05, 0) is 30.2 Å². The Bertz CT molecular complexity index is 596. The number of ether oxygens (including phenoxy) is 1. The lowest BCUT2D eigenvalue weighted by atomic mass is 10.1. The first kappa shape index (κ1) is 15.9. The van der Waals surface area contributed by atoms with Gasteiger partial charge < -0.3 is 10.1 Å². The van der Waals surface area contributed by atoms with Crippen molar-refractivity contribution in [1.82, 2.24) is 5.32 Å². The minimum Gasteiger partial charge on any atom is -0.487 e. The average Bonchev–Trinajstić information content (AvgIpc) is 2.44. The summed E-state index contributed by atoms with van der Waals surface area (Å²) in [5, 5.41) is 4.03. The second-order valence-electron chi connectivity index (χ2n) is 5.58. The Morgan fingerprint density at radius 1 is 1.10 bits per heavy atom. The van der Waals surface area contributed by atoms with Crippen molar-refractivity contribution < 1.29 is 4.74 Å². The maximum absolute atomic E-state index is 6.29. The summed E-state index contributed by atoms with van der Waals surface area (Å²) in [7, 11) is 0. The molecule has 0 amide bonds. The van der Waals surface area contributed by atoms with Crippen molar-refractivity contribution in [2.24, 2.45) is 0 Å². The molecule has 0 spiro atoms. The minimum atomic E-state index is 0.459. The van der Waals surface area contributed by atoms with Crippen LogP contribution in [0.5, 0.6) is 5.75 Å². The van der Waals surface area contributed by atoms with Gasteiger partial charge in [0.05, 0.1) is 5.02 Å². The predicted octanol–water partition coefficient (Wildman–Crippen LogP) is 4.73. The summed E-state index contributed by atoms with van der Waals surface area (Å²) in [6.07, 6.45) is 0. The van der Waals surface area contributed by atoms with Crippen LogP contribution in [0.2, 0.25) is 5.02 Å². The normalized spacial score (nSPS) is 10.9. The highest BCUT2D eigenvalue weighted by atomic mass is 35.5. The molecule has 0 saturated heterocycles. The maximum Gasteiger partial charge on any atom is 0.138 e. The molecule has 0 unspecified atom stereocenters. The summed E-state index contributed by atoms with van der Waals surface area (Å²) < 4.78 is 5.81. The second kappa shape index (κ2) is 7.48. The highest BCUT2D eigenvalue weighted by Gasteiger charge is 2.04. The van der Waals surface area contributed by atoms with Crippen LogP contribution in [0.15, 0.2) is 42.5 Å². The van der Waals surface area contributed by atoms with Crippen LogP contribution in [0.3, 0.4) is 0 Å². The van der Waals surface area contributed by atoms with E-state index in [4.69, 9.17) is 16.3 Å². The molecule has 0 radical (unpaired) electrons. The van der Waals surface area contributed by atoms with Gasteiger partial charge in [0, 0.05) is 12.6 Å². The van der Waals surface area contributed by atoms with E-state index in [-0.39, 0.29) is 0 Å². The lowest BCUT2D eigenvalue weighted by Gasteiger charge is -2.12. The van der Waals surface area contributed by atoms with Crippen LogP contribution in [0.4, 0.5) is 0 Å². The van der Waals surface area contributed by atoms with Crippen LogP contribution >= 0.6 is 11.6 Å². The van der Waals surface area contributed by atoms with E-state index in [2.05, 4.69) is 44.3 Å². The van der Waals surface area contributed by atoms with Crippen LogP contribution in [-0.4, -0.2) is 6.04 Å². The maximum atomic E-state index is 6.29. The van der Waals surface area contributed by atoms with Crippen LogP contribution in [0, 0.1) is 6.92 Å². The highest BCUT2D eigenvalue weighted by molar-refractivity contribution is 6.32. The van der Waals surface area contributed by atoms with Crippen molar-refractivity contribution in [3.63, 3.8) is 0 Å². The molecular weight excluding hydrogens is 282 g/mol. The summed E-state index contributed by atoms with van der Waals surface area (Å²) >= 11 is 6.29. The average molecular weight is 304 g/mol. The summed E-state index contributed by atoms with van der Waals surface area (Å²) in [5.41, 5.74) is 3.55. The Morgan fingerprint density at radius 2 is 1.90 bits per heavy atom. The number of nitrogens with one attached hydrogen (secondary N) is 1. The molecule has 0 aliphatic rings. The molecular formula is C18H22ClNO. The number of hydrogen-bond acceptors (Lipinski definition) is 2. The monoisotopic (exact) mass is 303 g/mol. The van der Waals surface area contributed by atoms with Crippen LogP contribution in [0.1, 0.15) is 30.5 Å². The van der Waals surface area contributed by atoms with Crippen molar-refractivity contribution in [2.45, 2.75) is 40.0 Å². The largest absolute Gasteiger partial charge is 0.487 e. The number of aryl methyl sites for hydroxylation is 1. The first-order valence-electron chi connectivity index (χ1n) is 7.25. The van der Waals surface area contributed by atoms with Crippen molar-refractivity contribution >= 4 is 11.6 Å². The standard InChI is InChI=1S/C18H22ClNO/c1-13(2)20-11-15-7-8-18(17(19)10-15)21-12-16-6-4-5-14(3)9-16/h4-10,13,20H,11-12H2,1-3H3. The molecule has 0 bridgehead atoms. The van der Waals surface area contributed by atoms with Gasteiger partial charge in [-0.25, -0.2) is 0 Å². The van der Waals surface area contributed by atoms with Gasteiger partial charge in [-0.15, -0.1) is 0 Å². The molecule has 1 N–H and O–H groups in total. The van der Waals surface area contributed by atoms with Crippen LogP contribution in [0.25, 0.3) is 0 Å². The van der Waals surface area contributed by atoms with Gasteiger partial charge in [-0.1, -0.05) is 61.3 Å². The van der Waals surface area contributed by atoms with Gasteiger partial charge in [0.2, 0.25) is 0 Å². The molecule has 112 valence electrons. The fourth-order valence-corrected chi connectivity index (χ4v) is 2.31. The zero-order valence-electron chi connectivity index (χ0n) is 12.8. The van der Waals surface area contributed by atoms with Gasteiger partial charge in [0.1, 0.15) is 12.4 Å². The van der Waals surface area contributed by atoms with Crippen molar-refractivity contribution in [3.05, 3.63) is 64.2 Å². The molecule has 0 fully saturated rings. The fourth-order valence-electron chi connectivity index (χ4n) is 2.06. The van der Waals surface area contributed by atoms with Crippen molar-refractivity contribution in [1.29, 1.82) is 0 Å². The Morgan fingerprint density at radius 3 is 2.57 bits per heavy atom. The smallest absolute Gasteiger partial charge is 0.138 e. The first-order valence-corrected chi connectivity index (χ1v) is 7.62. The quantitative estimate of drug-likeness (QED) is 0.833. The summed E-state index contributed by atoms with van der Waals surface area (Å²) in [4.78, 5) is 0. The minimum absolute atomic E-state index is 0.459. The van der Waals surface area contributed by atoms with Gasteiger partial charge in [0.25, 0.3) is 0 Å². The van der Waals surface area contributed by atoms with Gasteiger partial charge in [-0.2, -0.15) is 0 Å². The predicted molar refractivity (Wildman–Crippen MR) is 88.9 cm³/mol. The zero-order valence-corrected chi connectivity index (χ0v) is 13.6. The van der Waals surface area contributed by atoms with E-state index >= 15 is 0 Å². The molecule has 2 rings (SSSR count). The van der Waals surface area contributed by atoms with Gasteiger partial charge in [-0.3, -0.25) is 0 Å². The number of hydrogen-bond donors (Lipinski definition) is 1. The highest BCUT2D eigenvalue weighted by Crippen LogP contribution is 2.26. The third-order valence-corrected chi connectivity index (χ3v) is 3.48. The zero-order chi connectivity index (χ0) is 15.2. The summed E-state index contributed by atoms with van der Waals surface area (Å²) in [5.74, 6) is 0.728. The number of rotatable bonds is 6. The molecule has 0 saturated carbocycles. The molecule has 0 heterocycles. The van der Waals surface area contributed by atoms with Crippen LogP contribution in [-0.2, 0) is 13.2 Å². The topological polar surface area (TPSA) is 21.3 Å². The number of halogens is 1. The van der Waals surface area contributed by atoms with E-state index in [0.29, 0.717) is 17.7 Å². The Labute approximate surface area is 132 Å². The number of benzene rings is 2. The molecule has 3 heteroatoms. The van der Waals surface area contributed by atoms with E-state index < -0.39 is 0 Å². The molecule has 2 nitrogen and oxygen atoms in total. The third kappa shape index (κ3) is 5.07. The Kier molecular flexibility index (Phi) is 5.66. The van der Waals surface area contributed by atoms with E-state index in [1.54, 1.807) is 0 Å². The fraction of sp³-hybridized carbons (Fsp3) is 0.333. The Hall–Kier alpha value is -1.51. The molecule has 2 aromatic carbocycles. The SMILES string of the molecule is Cc1cccc(COc2ccc(CNC(C)C)cc2Cl)c1. The molecule has 0 aromatic heterocycles. The van der Waals surface area contributed by atoms with E-state index in [1.165, 1.54) is 5.56 Å². The van der Waals surface area contributed by atoms with Gasteiger partial charge in [0.15, 0.2) is 0 Å². The lowest BCUT2D eigenvalue weighted by molar-refractivity contribution is 0.306. The van der Waals surface area contributed by atoms with E-state index in [0.717, 1.165) is 23.4 Å². The van der Waals surface area contributed by atoms with E-state index in [1.807, 2.05) is 24.3 Å². The molecule has 21 heavy (non-hydrogen) atoms. The molecule has 2 aromatic rings. The molecule has 0 aliphatic carbocycles. The van der Waals surface area contributed by atoms with Crippen molar-refractivity contribution in [2.75, 3.05) is 0 Å². The summed E-state index contributed by atoms with van der Waals surface area (Å²) in [6, 6.07) is 14.7. The van der Waals surface area contributed by atoms with Crippen molar-refractivity contribution in [3.8, 4) is 5.75 Å². The van der Waals surface area contributed by atoms with Gasteiger partial charge >= 0.3 is 0 Å². The van der Waals surface area contributed by atoms with Crippen LogP contribution < -0.4 is 10.1 Å². The Balaban J connectivity index is 1.97. The van der Waals surface area contributed by atoms with E-state index in [9.17, 15) is 0 Å².